The molecule has 18 heavy (non-hydrogen) atoms. The van der Waals surface area contributed by atoms with Crippen LogP contribution in [-0.4, -0.2) is 15.2 Å². The van der Waals surface area contributed by atoms with Gasteiger partial charge in [0.1, 0.15) is 5.75 Å². The van der Waals surface area contributed by atoms with Crippen LogP contribution in [-0.2, 0) is 19.6 Å². The largest absolute Gasteiger partial charge is 0.483 e. The predicted octanol–water partition coefficient (Wildman–Crippen LogP) is 2.01. The minimum absolute atomic E-state index is 0.0545. The second-order valence-corrected chi connectivity index (χ2v) is 4.02. The van der Waals surface area contributed by atoms with Gasteiger partial charge >= 0.3 is 0 Å². The maximum absolute atomic E-state index is 9.25. The first-order valence-electron chi connectivity index (χ1n) is 5.87. The van der Waals surface area contributed by atoms with E-state index in [1.54, 1.807) is 0 Å². The third-order valence-corrected chi connectivity index (χ3v) is 2.56. The first-order chi connectivity index (χ1) is 8.72. The van der Waals surface area contributed by atoms with E-state index < -0.39 is 0 Å². The second kappa shape index (κ2) is 5.64. The molecule has 0 aliphatic heterocycles. The van der Waals surface area contributed by atoms with Gasteiger partial charge < -0.3 is 14.4 Å². The van der Waals surface area contributed by atoms with Crippen LogP contribution in [0.25, 0.3) is 0 Å². The second-order valence-electron chi connectivity index (χ2n) is 4.02. The Kier molecular flexibility index (Phi) is 3.94. The minimum Gasteiger partial charge on any atom is -0.483 e. The molecule has 1 aromatic heterocycles. The number of aliphatic hydroxyl groups excluding tert-OH is 1. The molecule has 1 heterocycles. The van der Waals surface area contributed by atoms with Crippen molar-refractivity contribution in [2.75, 3.05) is 0 Å². The molecule has 1 aromatic carbocycles. The quantitative estimate of drug-likeness (QED) is 0.876. The summed E-state index contributed by atoms with van der Waals surface area (Å²) in [7, 11) is 0. The molecule has 5 nitrogen and oxygen atoms in total. The molecule has 0 spiro atoms. The SMILES string of the molecule is CCc1noc(COc2ccc(C)cc2CO)n1. The summed E-state index contributed by atoms with van der Waals surface area (Å²) in [6.07, 6.45) is 0.732. The number of aryl methyl sites for hydroxylation is 2. The zero-order valence-electron chi connectivity index (χ0n) is 10.5. The van der Waals surface area contributed by atoms with Gasteiger partial charge in [0.15, 0.2) is 12.4 Å². The molecule has 0 saturated carbocycles. The molecule has 0 aliphatic rings. The van der Waals surface area contributed by atoms with Gasteiger partial charge in [0.25, 0.3) is 5.89 Å². The maximum Gasteiger partial charge on any atom is 0.264 e. The van der Waals surface area contributed by atoms with Gasteiger partial charge in [-0.15, -0.1) is 0 Å². The first-order valence-corrected chi connectivity index (χ1v) is 5.87. The summed E-state index contributed by atoms with van der Waals surface area (Å²) in [5.74, 6) is 1.75. The Morgan fingerprint density at radius 3 is 2.89 bits per heavy atom. The van der Waals surface area contributed by atoms with Crippen LogP contribution >= 0.6 is 0 Å². The van der Waals surface area contributed by atoms with Crippen LogP contribution in [0.1, 0.15) is 29.8 Å². The average molecular weight is 248 g/mol. The Bertz CT molecular complexity index is 523. The highest BCUT2D eigenvalue weighted by molar-refractivity contribution is 5.36. The van der Waals surface area contributed by atoms with Crippen molar-refractivity contribution in [2.45, 2.75) is 33.5 Å². The molecular weight excluding hydrogens is 232 g/mol. The summed E-state index contributed by atoms with van der Waals surface area (Å²) >= 11 is 0. The minimum atomic E-state index is -0.0545. The van der Waals surface area contributed by atoms with Crippen LogP contribution in [0.4, 0.5) is 0 Å². The lowest BCUT2D eigenvalue weighted by molar-refractivity contribution is 0.228. The van der Waals surface area contributed by atoms with Gasteiger partial charge in [0, 0.05) is 12.0 Å². The van der Waals surface area contributed by atoms with Crippen molar-refractivity contribution < 1.29 is 14.4 Å². The fourth-order valence-corrected chi connectivity index (χ4v) is 1.60. The third-order valence-electron chi connectivity index (χ3n) is 2.56. The summed E-state index contributed by atoms with van der Waals surface area (Å²) in [6.45, 7) is 4.08. The predicted molar refractivity (Wildman–Crippen MR) is 65.1 cm³/mol. The van der Waals surface area contributed by atoms with Gasteiger partial charge in [0.05, 0.1) is 6.61 Å². The number of hydrogen-bond acceptors (Lipinski definition) is 5. The van der Waals surface area contributed by atoms with Crippen LogP contribution in [0.5, 0.6) is 5.75 Å². The van der Waals surface area contributed by atoms with Crippen molar-refractivity contribution in [3.63, 3.8) is 0 Å². The van der Waals surface area contributed by atoms with Crippen LogP contribution in [0.2, 0.25) is 0 Å². The van der Waals surface area contributed by atoms with Gasteiger partial charge in [-0.1, -0.05) is 29.8 Å². The van der Waals surface area contributed by atoms with E-state index in [0.29, 0.717) is 17.5 Å². The van der Waals surface area contributed by atoms with E-state index in [-0.39, 0.29) is 13.2 Å². The fraction of sp³-hybridized carbons (Fsp3) is 0.385. The summed E-state index contributed by atoms with van der Waals surface area (Å²) in [5.41, 5.74) is 1.84. The van der Waals surface area contributed by atoms with Gasteiger partial charge in [-0.25, -0.2) is 0 Å². The number of aromatic nitrogens is 2. The van der Waals surface area contributed by atoms with Gasteiger partial charge in [-0.3, -0.25) is 0 Å². The summed E-state index contributed by atoms with van der Waals surface area (Å²) in [6, 6.07) is 5.65. The normalized spacial score (nSPS) is 10.6. The number of benzene rings is 1. The molecule has 2 rings (SSSR count). The molecule has 0 radical (unpaired) electrons. The maximum atomic E-state index is 9.25. The van der Waals surface area contributed by atoms with Crippen LogP contribution in [0.3, 0.4) is 0 Å². The lowest BCUT2D eigenvalue weighted by Gasteiger charge is -2.08. The Morgan fingerprint density at radius 1 is 1.39 bits per heavy atom. The molecule has 0 unspecified atom stereocenters. The molecule has 0 aliphatic carbocycles. The molecule has 0 fully saturated rings. The van der Waals surface area contributed by atoms with Crippen molar-refractivity contribution in [3.05, 3.63) is 41.0 Å². The van der Waals surface area contributed by atoms with Crippen molar-refractivity contribution in [1.82, 2.24) is 10.1 Å². The zero-order chi connectivity index (χ0) is 13.0. The molecule has 1 N–H and O–H groups in total. The highest BCUT2D eigenvalue weighted by Crippen LogP contribution is 2.21. The van der Waals surface area contributed by atoms with Gasteiger partial charge in [-0.05, 0) is 13.0 Å². The smallest absolute Gasteiger partial charge is 0.264 e. The first kappa shape index (κ1) is 12.6. The van der Waals surface area contributed by atoms with Crippen LogP contribution < -0.4 is 4.74 Å². The molecule has 96 valence electrons. The van der Waals surface area contributed by atoms with Crippen molar-refractivity contribution in [1.29, 1.82) is 0 Å². The topological polar surface area (TPSA) is 68.4 Å². The zero-order valence-corrected chi connectivity index (χ0v) is 10.5. The number of ether oxygens (including phenoxy) is 1. The van der Waals surface area contributed by atoms with E-state index >= 15 is 0 Å². The lowest BCUT2D eigenvalue weighted by Crippen LogP contribution is -1.99. The molecule has 2 aromatic rings. The highest BCUT2D eigenvalue weighted by atomic mass is 16.5. The molecule has 0 atom stereocenters. The van der Waals surface area contributed by atoms with E-state index in [4.69, 9.17) is 9.26 Å². The lowest BCUT2D eigenvalue weighted by atomic mass is 10.1. The molecule has 0 saturated heterocycles. The average Bonchev–Trinajstić information content (AvgIpc) is 2.85. The van der Waals surface area contributed by atoms with Gasteiger partial charge in [-0.2, -0.15) is 4.98 Å². The Balaban J connectivity index is 2.05. The number of rotatable bonds is 5. The van der Waals surface area contributed by atoms with E-state index in [1.165, 1.54) is 0 Å². The van der Waals surface area contributed by atoms with Gasteiger partial charge in [0.2, 0.25) is 0 Å². The summed E-state index contributed by atoms with van der Waals surface area (Å²) in [4.78, 5) is 4.15. The molecule has 5 heteroatoms. The Hall–Kier alpha value is -1.88. The van der Waals surface area contributed by atoms with E-state index in [2.05, 4.69) is 10.1 Å². The third kappa shape index (κ3) is 2.87. The van der Waals surface area contributed by atoms with Crippen LogP contribution in [0, 0.1) is 6.92 Å². The standard InChI is InChI=1S/C13H16N2O3/c1-3-12-14-13(18-15-12)8-17-11-5-4-9(2)6-10(11)7-16/h4-6,16H,3,7-8H2,1-2H3. The summed E-state index contributed by atoms with van der Waals surface area (Å²) in [5, 5.41) is 13.0. The number of aliphatic hydroxyl groups is 1. The number of nitrogens with zero attached hydrogens (tertiary/aromatic N) is 2. The van der Waals surface area contributed by atoms with Crippen molar-refractivity contribution in [2.24, 2.45) is 0 Å². The van der Waals surface area contributed by atoms with E-state index in [9.17, 15) is 5.11 Å². The van der Waals surface area contributed by atoms with Crippen molar-refractivity contribution in [3.8, 4) is 5.75 Å². The molecular formula is C13H16N2O3. The number of hydrogen-bond donors (Lipinski definition) is 1. The Morgan fingerprint density at radius 2 is 2.22 bits per heavy atom. The molecule has 0 bridgehead atoms. The monoisotopic (exact) mass is 248 g/mol. The fourth-order valence-electron chi connectivity index (χ4n) is 1.60. The highest BCUT2D eigenvalue weighted by Gasteiger charge is 2.08. The summed E-state index contributed by atoms with van der Waals surface area (Å²) < 4.78 is 10.6. The van der Waals surface area contributed by atoms with E-state index in [1.807, 2.05) is 32.0 Å². The van der Waals surface area contributed by atoms with E-state index in [0.717, 1.165) is 17.5 Å². The van der Waals surface area contributed by atoms with Crippen molar-refractivity contribution >= 4 is 0 Å². The molecule has 0 amide bonds. The van der Waals surface area contributed by atoms with Crippen LogP contribution in [0.15, 0.2) is 22.7 Å². The Labute approximate surface area is 105 Å².